The monoisotopic (exact) mass is 287 g/mol. The second kappa shape index (κ2) is 7.25. The van der Waals surface area contributed by atoms with Crippen LogP contribution < -0.4 is 5.32 Å². The van der Waals surface area contributed by atoms with Gasteiger partial charge in [-0.25, -0.2) is 14.8 Å². The zero-order valence-corrected chi connectivity index (χ0v) is 11.9. The van der Waals surface area contributed by atoms with Gasteiger partial charge < -0.3 is 15.2 Å². The summed E-state index contributed by atoms with van der Waals surface area (Å²) in [5.41, 5.74) is 0.0752. The number of hydrogen-bond acceptors (Lipinski definition) is 6. The van der Waals surface area contributed by atoms with Crippen LogP contribution in [-0.4, -0.2) is 40.8 Å². The van der Waals surface area contributed by atoms with Crippen LogP contribution in [0.1, 0.15) is 30.8 Å². The summed E-state index contributed by atoms with van der Waals surface area (Å²) < 4.78 is 4.58. The zero-order valence-electron chi connectivity index (χ0n) is 11.2. The first-order valence-electron chi connectivity index (χ1n) is 5.96. The van der Waals surface area contributed by atoms with E-state index >= 15 is 0 Å². The number of methoxy groups -OCH3 is 1. The first-order valence-corrected chi connectivity index (χ1v) is 6.34. The van der Waals surface area contributed by atoms with Gasteiger partial charge in [0.15, 0.2) is 5.69 Å². The molecule has 0 aliphatic heterocycles. The van der Waals surface area contributed by atoms with E-state index in [-0.39, 0.29) is 23.6 Å². The number of rotatable bonds is 6. The van der Waals surface area contributed by atoms with Crippen LogP contribution >= 0.6 is 11.6 Å². The number of hydrogen-bond donors (Lipinski definition) is 2. The predicted octanol–water partition coefficient (Wildman–Crippen LogP) is 1.74. The lowest BCUT2D eigenvalue weighted by Crippen LogP contribution is -2.26. The highest BCUT2D eigenvalue weighted by atomic mass is 35.5. The average molecular weight is 288 g/mol. The van der Waals surface area contributed by atoms with Crippen LogP contribution in [0.25, 0.3) is 0 Å². The van der Waals surface area contributed by atoms with E-state index in [0.29, 0.717) is 11.7 Å². The summed E-state index contributed by atoms with van der Waals surface area (Å²) in [5.74, 6) is 0.221. The van der Waals surface area contributed by atoms with Gasteiger partial charge in [0.25, 0.3) is 0 Å². The number of nitrogens with one attached hydrogen (secondary N) is 1. The van der Waals surface area contributed by atoms with Gasteiger partial charge in [-0.15, -0.1) is 0 Å². The molecule has 0 saturated heterocycles. The Bertz CT molecular complexity index is 440. The Kier molecular flexibility index (Phi) is 5.98. The quantitative estimate of drug-likeness (QED) is 0.612. The molecule has 1 atom stereocenters. The molecule has 6 nitrogen and oxygen atoms in total. The van der Waals surface area contributed by atoms with Crippen molar-refractivity contribution in [3.05, 3.63) is 17.0 Å². The van der Waals surface area contributed by atoms with Crippen LogP contribution in [0.2, 0.25) is 5.28 Å². The molecule has 0 aliphatic rings. The maximum absolute atomic E-state index is 11.4. The molecule has 0 bridgehead atoms. The van der Waals surface area contributed by atoms with Gasteiger partial charge in [0.05, 0.1) is 19.8 Å². The van der Waals surface area contributed by atoms with Crippen molar-refractivity contribution in [3.63, 3.8) is 0 Å². The zero-order chi connectivity index (χ0) is 14.4. The molecule has 0 spiro atoms. The molecule has 1 aromatic heterocycles. The van der Waals surface area contributed by atoms with Crippen molar-refractivity contribution in [1.82, 2.24) is 9.97 Å². The Morgan fingerprint density at radius 1 is 1.53 bits per heavy atom. The molecular formula is C12H18ClN3O3. The highest BCUT2D eigenvalue weighted by molar-refractivity contribution is 6.28. The summed E-state index contributed by atoms with van der Waals surface area (Å²) in [6.07, 6.45) is 0.770. The molecule has 19 heavy (non-hydrogen) atoms. The van der Waals surface area contributed by atoms with Crippen LogP contribution in [0.15, 0.2) is 6.07 Å². The van der Waals surface area contributed by atoms with Crippen LogP contribution in [-0.2, 0) is 4.74 Å². The molecule has 7 heteroatoms. The third-order valence-electron chi connectivity index (χ3n) is 2.42. The highest BCUT2D eigenvalue weighted by Gasteiger charge is 2.14. The lowest BCUT2D eigenvalue weighted by molar-refractivity contribution is 0.0594. The normalized spacial score (nSPS) is 12.3. The molecule has 0 saturated carbocycles. The van der Waals surface area contributed by atoms with Crippen molar-refractivity contribution in [2.45, 2.75) is 26.3 Å². The fourth-order valence-electron chi connectivity index (χ4n) is 1.66. The summed E-state index contributed by atoms with van der Waals surface area (Å²) >= 11 is 5.75. The average Bonchev–Trinajstić information content (AvgIpc) is 2.35. The summed E-state index contributed by atoms with van der Waals surface area (Å²) in [6.45, 7) is 4.07. The summed E-state index contributed by atoms with van der Waals surface area (Å²) in [5, 5.41) is 12.3. The van der Waals surface area contributed by atoms with Crippen molar-refractivity contribution >= 4 is 23.4 Å². The fourth-order valence-corrected chi connectivity index (χ4v) is 1.84. The van der Waals surface area contributed by atoms with E-state index in [1.54, 1.807) is 0 Å². The van der Waals surface area contributed by atoms with E-state index in [2.05, 4.69) is 33.9 Å². The second-order valence-corrected chi connectivity index (χ2v) is 4.89. The largest absolute Gasteiger partial charge is 0.464 e. The van der Waals surface area contributed by atoms with Crippen LogP contribution in [0, 0.1) is 5.92 Å². The van der Waals surface area contributed by atoms with Gasteiger partial charge in [0.2, 0.25) is 5.28 Å². The Morgan fingerprint density at radius 2 is 2.21 bits per heavy atom. The molecular weight excluding hydrogens is 270 g/mol. The van der Waals surface area contributed by atoms with Crippen molar-refractivity contribution in [1.29, 1.82) is 0 Å². The lowest BCUT2D eigenvalue weighted by Gasteiger charge is -2.19. The van der Waals surface area contributed by atoms with Crippen molar-refractivity contribution in [3.8, 4) is 0 Å². The standard InChI is InChI=1S/C12H18ClN3O3/c1-7(2)4-8(6-17)14-10-5-9(11(18)19-3)15-12(13)16-10/h5,7-8,17H,4,6H2,1-3H3,(H,14,15,16)/t8-/m1/s1. The van der Waals surface area contributed by atoms with Gasteiger partial charge in [-0.05, 0) is 23.9 Å². The SMILES string of the molecule is COC(=O)c1cc(N[C@@H](CO)CC(C)C)nc(Cl)n1. The molecule has 1 rings (SSSR count). The lowest BCUT2D eigenvalue weighted by atomic mass is 10.0. The highest BCUT2D eigenvalue weighted by Crippen LogP contribution is 2.15. The number of ether oxygens (including phenoxy) is 1. The number of carbonyl (C=O) groups excluding carboxylic acids is 1. The fraction of sp³-hybridized carbons (Fsp3) is 0.583. The van der Waals surface area contributed by atoms with Gasteiger partial charge in [0, 0.05) is 6.07 Å². The Hall–Kier alpha value is -1.40. The first-order chi connectivity index (χ1) is 8.96. The smallest absolute Gasteiger partial charge is 0.356 e. The van der Waals surface area contributed by atoms with Crippen molar-refractivity contribution in [2.75, 3.05) is 19.0 Å². The third-order valence-corrected chi connectivity index (χ3v) is 2.59. The minimum absolute atomic E-state index is 0.0344. The molecule has 1 aromatic rings. The van der Waals surface area contributed by atoms with Crippen LogP contribution in [0.5, 0.6) is 0 Å². The van der Waals surface area contributed by atoms with E-state index in [4.69, 9.17) is 11.6 Å². The van der Waals surface area contributed by atoms with Gasteiger partial charge in [0.1, 0.15) is 5.82 Å². The Balaban J connectivity index is 2.88. The summed E-state index contributed by atoms with van der Waals surface area (Å²) in [7, 11) is 1.26. The second-order valence-electron chi connectivity index (χ2n) is 4.55. The van der Waals surface area contributed by atoms with Crippen LogP contribution in [0.4, 0.5) is 5.82 Å². The third kappa shape index (κ3) is 5.00. The van der Waals surface area contributed by atoms with Crippen LogP contribution in [0.3, 0.4) is 0 Å². The van der Waals surface area contributed by atoms with Gasteiger partial charge in [-0.3, -0.25) is 0 Å². The molecule has 2 N–H and O–H groups in total. The summed E-state index contributed by atoms with van der Waals surface area (Å²) in [4.78, 5) is 19.1. The number of esters is 1. The molecule has 0 amide bonds. The molecule has 0 aliphatic carbocycles. The number of aliphatic hydroxyl groups excluding tert-OH is 1. The van der Waals surface area contributed by atoms with E-state index in [0.717, 1.165) is 6.42 Å². The number of aromatic nitrogens is 2. The number of nitrogens with zero attached hydrogens (tertiary/aromatic N) is 2. The molecule has 0 radical (unpaired) electrons. The maximum Gasteiger partial charge on any atom is 0.356 e. The number of anilines is 1. The van der Waals surface area contributed by atoms with E-state index in [1.165, 1.54) is 13.2 Å². The van der Waals surface area contributed by atoms with E-state index in [9.17, 15) is 9.90 Å². The minimum atomic E-state index is -0.586. The number of halogens is 1. The predicted molar refractivity (Wildman–Crippen MR) is 72.3 cm³/mol. The molecule has 106 valence electrons. The number of aliphatic hydroxyl groups is 1. The van der Waals surface area contributed by atoms with E-state index in [1.807, 2.05) is 0 Å². The van der Waals surface area contributed by atoms with Gasteiger partial charge >= 0.3 is 5.97 Å². The minimum Gasteiger partial charge on any atom is -0.464 e. The maximum atomic E-state index is 11.4. The van der Waals surface area contributed by atoms with Crippen molar-refractivity contribution < 1.29 is 14.6 Å². The molecule has 0 aromatic carbocycles. The topological polar surface area (TPSA) is 84.3 Å². The van der Waals surface area contributed by atoms with Gasteiger partial charge in [-0.2, -0.15) is 0 Å². The van der Waals surface area contributed by atoms with Gasteiger partial charge in [-0.1, -0.05) is 13.8 Å². The molecule has 0 fully saturated rings. The Labute approximate surface area is 117 Å². The molecule has 1 heterocycles. The summed E-state index contributed by atoms with van der Waals surface area (Å²) in [6, 6.07) is 1.29. The van der Waals surface area contributed by atoms with Crippen molar-refractivity contribution in [2.24, 2.45) is 5.92 Å². The number of carbonyl (C=O) groups is 1. The first kappa shape index (κ1) is 15.7. The van der Waals surface area contributed by atoms with E-state index < -0.39 is 5.97 Å². The Morgan fingerprint density at radius 3 is 2.74 bits per heavy atom. The molecule has 0 unspecified atom stereocenters.